The molecule has 0 heterocycles. The number of thioether (sulfide) groups is 1. The van der Waals surface area contributed by atoms with E-state index in [1.165, 1.54) is 11.6 Å². The fraction of sp³-hybridized carbons (Fsp3) is 0.429. The lowest BCUT2D eigenvalue weighted by Crippen LogP contribution is -2.28. The third-order valence-electron chi connectivity index (χ3n) is 2.69. The maximum atomic E-state index is 13.0. The average molecular weight is 253 g/mol. The Hall–Kier alpha value is -0.800. The summed E-state index contributed by atoms with van der Waals surface area (Å²) in [6.45, 7) is 6.14. The van der Waals surface area contributed by atoms with E-state index in [0.717, 1.165) is 23.5 Å². The van der Waals surface area contributed by atoms with Gasteiger partial charge in [-0.3, -0.25) is 0 Å². The van der Waals surface area contributed by atoms with Gasteiger partial charge in [0.05, 0.1) is 0 Å². The Labute approximate surface area is 107 Å². The van der Waals surface area contributed by atoms with E-state index in [9.17, 15) is 4.39 Å². The van der Waals surface area contributed by atoms with Gasteiger partial charge in [-0.1, -0.05) is 25.1 Å². The second-order valence-corrected chi connectivity index (χ2v) is 5.16. The van der Waals surface area contributed by atoms with Crippen LogP contribution in [0.3, 0.4) is 0 Å². The Kier molecular flexibility index (Phi) is 6.30. The number of halogens is 1. The highest BCUT2D eigenvalue weighted by atomic mass is 32.2. The fourth-order valence-electron chi connectivity index (χ4n) is 1.49. The number of benzene rings is 1. The van der Waals surface area contributed by atoms with Crippen molar-refractivity contribution in [2.24, 2.45) is 0 Å². The predicted molar refractivity (Wildman–Crippen MR) is 74.0 cm³/mol. The van der Waals surface area contributed by atoms with Crippen LogP contribution < -0.4 is 5.32 Å². The molecule has 0 aliphatic heterocycles. The summed E-state index contributed by atoms with van der Waals surface area (Å²) in [5.41, 5.74) is 1.25. The molecular formula is C14H20FNS. The molecule has 1 N–H and O–H groups in total. The van der Waals surface area contributed by atoms with Gasteiger partial charge in [0.1, 0.15) is 5.82 Å². The number of hydrogen-bond donors (Lipinski definition) is 1. The van der Waals surface area contributed by atoms with Gasteiger partial charge in [0, 0.05) is 16.7 Å². The van der Waals surface area contributed by atoms with Crippen LogP contribution in [0.15, 0.2) is 41.3 Å². The number of rotatable bonds is 7. The smallest absolute Gasteiger partial charge is 0.124 e. The SMILES string of the molecule is C=C(CC)CC(CSc1cccc(F)c1)NC. The van der Waals surface area contributed by atoms with Crippen molar-refractivity contribution in [2.75, 3.05) is 12.8 Å². The Bertz CT molecular complexity index is 365. The lowest BCUT2D eigenvalue weighted by molar-refractivity contribution is 0.606. The van der Waals surface area contributed by atoms with Crippen LogP contribution in [0, 0.1) is 5.82 Å². The van der Waals surface area contributed by atoms with Crippen LogP contribution in [0.25, 0.3) is 0 Å². The standard InChI is InChI=1S/C14H20FNS/c1-4-11(2)8-13(16-3)10-17-14-7-5-6-12(15)9-14/h5-7,9,13,16H,2,4,8,10H2,1,3H3. The summed E-state index contributed by atoms with van der Waals surface area (Å²) in [6, 6.07) is 7.13. The molecule has 0 saturated heterocycles. The van der Waals surface area contributed by atoms with Crippen molar-refractivity contribution in [1.29, 1.82) is 0 Å². The molecule has 0 bridgehead atoms. The molecule has 0 radical (unpaired) electrons. The van der Waals surface area contributed by atoms with Crippen LogP contribution in [0.1, 0.15) is 19.8 Å². The van der Waals surface area contributed by atoms with E-state index in [2.05, 4.69) is 18.8 Å². The maximum absolute atomic E-state index is 13.0. The van der Waals surface area contributed by atoms with Crippen molar-refractivity contribution < 1.29 is 4.39 Å². The monoisotopic (exact) mass is 253 g/mol. The van der Waals surface area contributed by atoms with E-state index >= 15 is 0 Å². The van der Waals surface area contributed by atoms with Gasteiger partial charge in [0.2, 0.25) is 0 Å². The largest absolute Gasteiger partial charge is 0.316 e. The van der Waals surface area contributed by atoms with Gasteiger partial charge in [-0.2, -0.15) is 0 Å². The molecule has 0 aliphatic carbocycles. The lowest BCUT2D eigenvalue weighted by Gasteiger charge is -2.16. The number of hydrogen-bond acceptors (Lipinski definition) is 2. The molecule has 0 aromatic heterocycles. The van der Waals surface area contributed by atoms with E-state index in [0.29, 0.717) is 6.04 Å². The molecular weight excluding hydrogens is 233 g/mol. The first-order valence-electron chi connectivity index (χ1n) is 5.88. The zero-order valence-corrected chi connectivity index (χ0v) is 11.3. The summed E-state index contributed by atoms with van der Waals surface area (Å²) in [6.07, 6.45) is 2.00. The van der Waals surface area contributed by atoms with Gasteiger partial charge in [0.15, 0.2) is 0 Å². The molecule has 1 aromatic rings. The average Bonchev–Trinajstić information content (AvgIpc) is 2.34. The van der Waals surface area contributed by atoms with Crippen LogP contribution in [0.2, 0.25) is 0 Å². The zero-order chi connectivity index (χ0) is 12.7. The van der Waals surface area contributed by atoms with Gasteiger partial charge < -0.3 is 5.32 Å². The van der Waals surface area contributed by atoms with Crippen molar-refractivity contribution >= 4 is 11.8 Å². The highest BCUT2D eigenvalue weighted by molar-refractivity contribution is 7.99. The Morgan fingerprint density at radius 2 is 2.29 bits per heavy atom. The highest BCUT2D eigenvalue weighted by Gasteiger charge is 2.08. The second kappa shape index (κ2) is 7.51. The molecule has 1 unspecified atom stereocenters. The zero-order valence-electron chi connectivity index (χ0n) is 10.5. The Morgan fingerprint density at radius 1 is 1.53 bits per heavy atom. The first kappa shape index (κ1) is 14.3. The predicted octanol–water partition coefficient (Wildman–Crippen LogP) is 3.86. The van der Waals surface area contributed by atoms with Gasteiger partial charge in [-0.15, -0.1) is 11.8 Å². The molecule has 0 amide bonds. The summed E-state index contributed by atoms with van der Waals surface area (Å²) < 4.78 is 13.0. The van der Waals surface area contributed by atoms with Crippen LogP contribution >= 0.6 is 11.8 Å². The van der Waals surface area contributed by atoms with Crippen LogP contribution in [-0.4, -0.2) is 18.8 Å². The first-order chi connectivity index (χ1) is 8.15. The third-order valence-corrected chi connectivity index (χ3v) is 3.85. The molecule has 0 fully saturated rings. The summed E-state index contributed by atoms with van der Waals surface area (Å²) in [7, 11) is 1.96. The second-order valence-electron chi connectivity index (χ2n) is 4.06. The van der Waals surface area contributed by atoms with Gasteiger partial charge in [-0.25, -0.2) is 4.39 Å². The topological polar surface area (TPSA) is 12.0 Å². The van der Waals surface area contributed by atoms with Gasteiger partial charge >= 0.3 is 0 Å². The van der Waals surface area contributed by atoms with Crippen LogP contribution in [-0.2, 0) is 0 Å². The minimum absolute atomic E-state index is 0.172. The van der Waals surface area contributed by atoms with Crippen molar-refractivity contribution in [3.8, 4) is 0 Å². The third kappa shape index (κ3) is 5.37. The van der Waals surface area contributed by atoms with Gasteiger partial charge in [0.25, 0.3) is 0 Å². The molecule has 3 heteroatoms. The Balaban J connectivity index is 2.44. The fourth-order valence-corrected chi connectivity index (χ4v) is 2.54. The van der Waals surface area contributed by atoms with Crippen LogP contribution in [0.4, 0.5) is 4.39 Å². The van der Waals surface area contributed by atoms with Crippen molar-refractivity contribution in [3.05, 3.63) is 42.2 Å². The molecule has 1 nitrogen and oxygen atoms in total. The van der Waals surface area contributed by atoms with E-state index in [-0.39, 0.29) is 5.82 Å². The van der Waals surface area contributed by atoms with E-state index < -0.39 is 0 Å². The first-order valence-corrected chi connectivity index (χ1v) is 6.86. The summed E-state index contributed by atoms with van der Waals surface area (Å²) in [5, 5.41) is 3.28. The number of nitrogens with one attached hydrogen (secondary N) is 1. The molecule has 94 valence electrons. The van der Waals surface area contributed by atoms with Crippen LogP contribution in [0.5, 0.6) is 0 Å². The highest BCUT2D eigenvalue weighted by Crippen LogP contribution is 2.21. The molecule has 1 atom stereocenters. The van der Waals surface area contributed by atoms with Crippen molar-refractivity contribution in [1.82, 2.24) is 5.32 Å². The van der Waals surface area contributed by atoms with E-state index in [1.807, 2.05) is 13.1 Å². The van der Waals surface area contributed by atoms with E-state index in [1.54, 1.807) is 23.9 Å². The minimum Gasteiger partial charge on any atom is -0.316 e. The summed E-state index contributed by atoms with van der Waals surface area (Å²) >= 11 is 1.68. The molecule has 17 heavy (non-hydrogen) atoms. The normalized spacial score (nSPS) is 12.4. The summed E-state index contributed by atoms with van der Waals surface area (Å²) in [4.78, 5) is 0.979. The molecule has 1 rings (SSSR count). The van der Waals surface area contributed by atoms with Gasteiger partial charge in [-0.05, 0) is 38.1 Å². The Morgan fingerprint density at radius 3 is 2.88 bits per heavy atom. The van der Waals surface area contributed by atoms with E-state index in [4.69, 9.17) is 0 Å². The van der Waals surface area contributed by atoms with Crippen molar-refractivity contribution in [3.63, 3.8) is 0 Å². The quantitative estimate of drug-likeness (QED) is 0.585. The van der Waals surface area contributed by atoms with Crippen molar-refractivity contribution in [2.45, 2.75) is 30.7 Å². The summed E-state index contributed by atoms with van der Waals surface area (Å²) in [5.74, 6) is 0.757. The maximum Gasteiger partial charge on any atom is 0.124 e. The molecule has 0 aliphatic rings. The minimum atomic E-state index is -0.172. The molecule has 1 aromatic carbocycles. The molecule has 0 spiro atoms. The lowest BCUT2D eigenvalue weighted by atomic mass is 10.1. The molecule has 0 saturated carbocycles.